The summed E-state index contributed by atoms with van der Waals surface area (Å²) in [7, 11) is -2.19. The van der Waals surface area contributed by atoms with Crippen molar-refractivity contribution in [1.29, 1.82) is 0 Å². The first-order chi connectivity index (χ1) is 14.0. The van der Waals surface area contributed by atoms with Crippen LogP contribution in [0.15, 0.2) is 102 Å². The summed E-state index contributed by atoms with van der Waals surface area (Å²) >= 11 is 0. The van der Waals surface area contributed by atoms with Crippen LogP contribution in [0.3, 0.4) is 0 Å². The summed E-state index contributed by atoms with van der Waals surface area (Å²) in [6.45, 7) is 6.55. The number of para-hydroxylation sites is 1. The van der Waals surface area contributed by atoms with E-state index in [1.165, 1.54) is 10.6 Å². The van der Waals surface area contributed by atoms with Gasteiger partial charge in [0.05, 0.1) is 5.54 Å². The van der Waals surface area contributed by atoms with Crippen molar-refractivity contribution in [2.24, 2.45) is 4.74 Å². The molecule has 0 radical (unpaired) electrons. The van der Waals surface area contributed by atoms with Gasteiger partial charge in [0.15, 0.2) is 0 Å². The molecule has 0 spiro atoms. The molecule has 1 heterocycles. The Hall–Kier alpha value is -2.23. The summed E-state index contributed by atoms with van der Waals surface area (Å²) in [5, 5.41) is 3.67. The van der Waals surface area contributed by atoms with E-state index in [1.54, 1.807) is 0 Å². The molecule has 0 bridgehead atoms. The summed E-state index contributed by atoms with van der Waals surface area (Å²) in [5.74, 6) is 0. The summed E-state index contributed by atoms with van der Waals surface area (Å²) in [5.41, 5.74) is 1.97. The molecule has 4 heteroatoms. The van der Waals surface area contributed by atoms with Gasteiger partial charge in [-0.3, -0.25) is 4.74 Å². The molecule has 0 unspecified atom stereocenters. The number of benzene rings is 3. The second-order valence-corrected chi connectivity index (χ2v) is 11.0. The van der Waals surface area contributed by atoms with Crippen LogP contribution in [0.5, 0.6) is 0 Å². The number of nitrogens with zero attached hydrogens (tertiary/aromatic N) is 2. The Balaban J connectivity index is 0.00000256. The van der Waals surface area contributed by atoms with Gasteiger partial charge in [0.25, 0.3) is 0 Å². The monoisotopic (exact) mass is 404 g/mol. The number of pyridine rings is 1. The summed E-state index contributed by atoms with van der Waals surface area (Å²) in [6, 6.07) is 31.9. The van der Waals surface area contributed by atoms with Crippen LogP contribution in [0.1, 0.15) is 26.3 Å². The van der Waals surface area contributed by atoms with Gasteiger partial charge in [0, 0.05) is 13.3 Å². The van der Waals surface area contributed by atoms with Gasteiger partial charge in [-0.25, -0.2) is 0 Å². The zero-order chi connectivity index (χ0) is 20.3. The van der Waals surface area contributed by atoms with E-state index >= 15 is 0 Å². The average molecular weight is 404 g/mol. The topological polar surface area (TPSA) is 25.2 Å². The van der Waals surface area contributed by atoms with Crippen LogP contribution in [-0.4, -0.2) is 10.5 Å². The third kappa shape index (κ3) is 4.74. The van der Waals surface area contributed by atoms with Gasteiger partial charge in [-0.15, -0.1) is 12.2 Å². The molecule has 0 saturated heterocycles. The molecule has 146 valence electrons. The Morgan fingerprint density at radius 2 is 1.30 bits per heavy atom. The number of aromatic nitrogens is 1. The van der Waals surface area contributed by atoms with Gasteiger partial charge in [-0.05, 0) is 43.0 Å². The number of hydrogen-bond donors (Lipinski definition) is 0. The zero-order valence-electron chi connectivity index (χ0n) is 18.2. The largest absolute Gasteiger partial charge is 1.00 e. The van der Waals surface area contributed by atoms with Crippen molar-refractivity contribution in [3.05, 3.63) is 109 Å². The molecule has 30 heavy (non-hydrogen) atoms. The van der Waals surface area contributed by atoms with Gasteiger partial charge in [-0.2, -0.15) is 11.6 Å². The predicted octanol–water partition coefficient (Wildman–Crippen LogP) is 3.40. The fraction of sp³-hybridized carbons (Fsp3) is 0.154. The normalized spacial score (nSPS) is 11.6. The Bertz CT molecular complexity index is 1120. The minimum atomic E-state index is -2.19. The molecule has 4 aromatic rings. The van der Waals surface area contributed by atoms with Crippen LogP contribution < -0.4 is 29.5 Å². The van der Waals surface area contributed by atoms with Crippen molar-refractivity contribution < 1.29 is 18.9 Å². The van der Waals surface area contributed by atoms with Crippen LogP contribution in [0.4, 0.5) is 0 Å². The molecule has 0 fully saturated rings. The third-order valence-corrected chi connectivity index (χ3v) is 8.49. The predicted molar refractivity (Wildman–Crippen MR) is 126 cm³/mol. The van der Waals surface area contributed by atoms with E-state index in [1.807, 2.05) is 12.3 Å². The van der Waals surface area contributed by atoms with Crippen molar-refractivity contribution in [2.75, 3.05) is 0 Å². The summed E-state index contributed by atoms with van der Waals surface area (Å²) < 4.78 is 5.51. The average Bonchev–Trinajstić information content (AvgIpc) is 2.74. The maximum atomic E-state index is 5.51. The molecule has 0 aliphatic rings. The van der Waals surface area contributed by atoms with Crippen molar-refractivity contribution >= 4 is 28.6 Å². The van der Waals surface area contributed by atoms with Gasteiger partial charge in [0.1, 0.15) is 0 Å². The Morgan fingerprint density at radius 3 is 1.87 bits per heavy atom. The van der Waals surface area contributed by atoms with E-state index in [-0.39, 0.29) is 24.4 Å². The zero-order valence-corrected chi connectivity index (χ0v) is 19.1. The molecule has 3 aromatic carbocycles. The van der Waals surface area contributed by atoms with Gasteiger partial charge in [0.2, 0.25) is 0 Å². The van der Waals surface area contributed by atoms with E-state index in [2.05, 4.69) is 112 Å². The van der Waals surface area contributed by atoms with E-state index < -0.39 is 7.05 Å². The molecule has 0 atom stereocenters. The molecule has 0 aliphatic heterocycles. The second-order valence-electron chi connectivity index (χ2n) is 8.18. The maximum absolute atomic E-state index is 5.51. The fourth-order valence-corrected chi connectivity index (χ4v) is 7.36. The Labute approximate surface area is 192 Å². The third-order valence-electron chi connectivity index (χ3n) is 4.75. The van der Waals surface area contributed by atoms with Crippen molar-refractivity contribution in [1.82, 2.24) is 4.98 Å². The maximum Gasteiger partial charge on any atom is 1.00 e. The van der Waals surface area contributed by atoms with Gasteiger partial charge < -0.3 is 4.98 Å². The molecule has 2 nitrogen and oxygen atoms in total. The van der Waals surface area contributed by atoms with Crippen LogP contribution in [-0.2, 0) is 0 Å². The molecular weight excluding hydrogens is 378 g/mol. The van der Waals surface area contributed by atoms with E-state index in [9.17, 15) is 0 Å². The SMILES string of the molecule is CC(C)(C)N=P([CH-]c1cccc2cccnc12)(c1ccccc1)c1ccccc1.[Li+]. The Morgan fingerprint density at radius 1 is 0.733 bits per heavy atom. The fourth-order valence-electron chi connectivity index (χ4n) is 3.66. The smallest absolute Gasteiger partial charge is 0.320 e. The minimum Gasteiger partial charge on any atom is -0.320 e. The first-order valence-corrected chi connectivity index (χ1v) is 11.7. The van der Waals surface area contributed by atoms with Crippen LogP contribution >= 0.6 is 7.05 Å². The Kier molecular flexibility index (Phi) is 6.94. The molecule has 0 N–H and O–H groups in total. The van der Waals surface area contributed by atoms with Crippen molar-refractivity contribution in [3.63, 3.8) is 0 Å². The quantitative estimate of drug-likeness (QED) is 0.291. The minimum absolute atomic E-state index is 0. The molecule has 0 aliphatic carbocycles. The van der Waals surface area contributed by atoms with Crippen molar-refractivity contribution in [2.45, 2.75) is 26.3 Å². The number of fused-ring (bicyclic) bond motifs is 1. The standard InChI is InChI=1S/C26H26N2P.Li/c1-26(2,3)28-29(23-15-6-4-7-16-23,24-17-8-5-9-18-24)20-22-13-10-12-21-14-11-19-27-25(21)22;/h4-20H,1-3H3;/q-1;+1. The number of rotatable bonds is 4. The first kappa shape index (κ1) is 22.5. The molecule has 1 aromatic heterocycles. The first-order valence-electron chi connectivity index (χ1n) is 9.92. The molecular formula is C26H26LiN2P. The molecule has 0 saturated carbocycles. The van der Waals surface area contributed by atoms with Crippen molar-refractivity contribution in [3.8, 4) is 0 Å². The molecule has 4 rings (SSSR count). The van der Waals surface area contributed by atoms with Crippen LogP contribution in [0, 0.1) is 6.16 Å². The van der Waals surface area contributed by atoms with E-state index in [4.69, 9.17) is 9.73 Å². The summed E-state index contributed by atoms with van der Waals surface area (Å²) in [6.07, 6.45) is 4.25. The van der Waals surface area contributed by atoms with Crippen LogP contribution in [0.25, 0.3) is 10.9 Å². The van der Waals surface area contributed by atoms with Gasteiger partial charge >= 0.3 is 18.9 Å². The number of hydrogen-bond acceptors (Lipinski definition) is 2. The second kappa shape index (κ2) is 9.28. The molecule has 0 amide bonds. The van der Waals surface area contributed by atoms with Crippen LogP contribution in [0.2, 0.25) is 0 Å². The van der Waals surface area contributed by atoms with Gasteiger partial charge in [-0.1, -0.05) is 78.2 Å². The van der Waals surface area contributed by atoms with E-state index in [0.717, 1.165) is 16.5 Å². The van der Waals surface area contributed by atoms with E-state index in [0.29, 0.717) is 0 Å². The summed E-state index contributed by atoms with van der Waals surface area (Å²) in [4.78, 5) is 4.69.